The molecule has 1 aliphatic heterocycles. The number of aromatic nitrogens is 3. The van der Waals surface area contributed by atoms with Crippen LogP contribution in [0.4, 0.5) is 0 Å². The van der Waals surface area contributed by atoms with Gasteiger partial charge >= 0.3 is 0 Å². The zero-order valence-corrected chi connectivity index (χ0v) is 12.7. The summed E-state index contributed by atoms with van der Waals surface area (Å²) in [5.74, 6) is 2.41. The first-order valence-electron chi connectivity index (χ1n) is 6.94. The third-order valence-corrected chi connectivity index (χ3v) is 4.55. The molecule has 0 amide bonds. The number of imidazole rings is 1. The van der Waals surface area contributed by atoms with Gasteiger partial charge in [0.25, 0.3) is 0 Å². The fourth-order valence-electron chi connectivity index (χ4n) is 2.53. The van der Waals surface area contributed by atoms with Gasteiger partial charge in [-0.15, -0.1) is 11.3 Å². The lowest BCUT2D eigenvalue weighted by molar-refractivity contribution is 0.297. The number of nitrogens with one attached hydrogen (secondary N) is 1. The molecule has 3 aromatic rings. The van der Waals surface area contributed by atoms with Crippen molar-refractivity contribution >= 4 is 22.4 Å². The van der Waals surface area contributed by atoms with Gasteiger partial charge in [0.2, 0.25) is 0 Å². The number of thiazole rings is 1. The monoisotopic (exact) mass is 301 g/mol. The molecule has 0 spiro atoms. The normalized spacial score (nSPS) is 14.4. The molecule has 0 unspecified atom stereocenters. The van der Waals surface area contributed by atoms with Crippen LogP contribution in [0.25, 0.3) is 21.7 Å². The van der Waals surface area contributed by atoms with Crippen LogP contribution in [0.3, 0.4) is 0 Å². The summed E-state index contributed by atoms with van der Waals surface area (Å²) in [5.41, 5.74) is 2.85. The highest BCUT2D eigenvalue weighted by Gasteiger charge is 2.16. The lowest BCUT2D eigenvalue weighted by Gasteiger charge is -2.05. The molecule has 21 heavy (non-hydrogen) atoms. The molecule has 0 aliphatic carbocycles. The second-order valence-corrected chi connectivity index (χ2v) is 6.30. The average molecular weight is 301 g/mol. The predicted octanol–water partition coefficient (Wildman–Crippen LogP) is 3.46. The van der Waals surface area contributed by atoms with Gasteiger partial charge in [-0.05, 0) is 13.8 Å². The standard InChI is InChI=1S/C15H15N3O2S/c1-8-14(21-9(2)16-8)15-17-10-6-12-13(7-11(10)18-15)20-5-3-4-19-12/h6-7H,3-5H2,1-2H3,(H,17,18). The van der Waals surface area contributed by atoms with E-state index in [4.69, 9.17) is 9.47 Å². The van der Waals surface area contributed by atoms with Crippen molar-refractivity contribution in [3.05, 3.63) is 22.8 Å². The molecule has 0 atom stereocenters. The maximum Gasteiger partial charge on any atom is 0.163 e. The van der Waals surface area contributed by atoms with E-state index in [1.54, 1.807) is 11.3 Å². The summed E-state index contributed by atoms with van der Waals surface area (Å²) in [6.45, 7) is 5.39. The first kappa shape index (κ1) is 12.6. The van der Waals surface area contributed by atoms with E-state index < -0.39 is 0 Å². The Balaban J connectivity index is 1.85. The Morgan fingerprint density at radius 2 is 1.86 bits per heavy atom. The molecule has 0 saturated carbocycles. The van der Waals surface area contributed by atoms with Crippen molar-refractivity contribution in [1.29, 1.82) is 0 Å². The van der Waals surface area contributed by atoms with Crippen molar-refractivity contribution in [2.24, 2.45) is 0 Å². The number of ether oxygens (including phenoxy) is 2. The average Bonchev–Trinajstić information content (AvgIpc) is 2.91. The van der Waals surface area contributed by atoms with Crippen LogP contribution < -0.4 is 9.47 Å². The van der Waals surface area contributed by atoms with E-state index in [0.717, 1.165) is 50.4 Å². The molecule has 1 aliphatic rings. The van der Waals surface area contributed by atoms with E-state index in [0.29, 0.717) is 13.2 Å². The van der Waals surface area contributed by atoms with E-state index >= 15 is 0 Å². The van der Waals surface area contributed by atoms with Crippen LogP contribution >= 0.6 is 11.3 Å². The van der Waals surface area contributed by atoms with E-state index in [1.807, 2.05) is 26.0 Å². The van der Waals surface area contributed by atoms with Crippen LogP contribution in [0.5, 0.6) is 11.5 Å². The molecule has 0 bridgehead atoms. The molecule has 0 radical (unpaired) electrons. The van der Waals surface area contributed by atoms with Gasteiger partial charge in [0.1, 0.15) is 0 Å². The van der Waals surface area contributed by atoms with Gasteiger partial charge in [0, 0.05) is 18.6 Å². The second-order valence-electron chi connectivity index (χ2n) is 5.10. The molecule has 108 valence electrons. The molecule has 5 nitrogen and oxygen atoms in total. The van der Waals surface area contributed by atoms with Crippen molar-refractivity contribution in [2.45, 2.75) is 20.3 Å². The summed E-state index contributed by atoms with van der Waals surface area (Å²) in [7, 11) is 0. The van der Waals surface area contributed by atoms with E-state index in [2.05, 4.69) is 15.0 Å². The number of H-pyrrole nitrogens is 1. The molecule has 3 heterocycles. The van der Waals surface area contributed by atoms with Crippen molar-refractivity contribution in [1.82, 2.24) is 15.0 Å². The SMILES string of the molecule is Cc1nc(C)c(-c2nc3cc4c(cc3[nH]2)OCCCO4)s1. The minimum absolute atomic E-state index is 0.683. The Kier molecular flexibility index (Phi) is 2.85. The smallest absolute Gasteiger partial charge is 0.163 e. The van der Waals surface area contributed by atoms with Crippen molar-refractivity contribution in [3.63, 3.8) is 0 Å². The summed E-state index contributed by atoms with van der Waals surface area (Å²) in [4.78, 5) is 13.6. The number of benzene rings is 1. The van der Waals surface area contributed by atoms with Crippen LogP contribution in [0, 0.1) is 13.8 Å². The number of nitrogens with zero attached hydrogens (tertiary/aromatic N) is 2. The maximum atomic E-state index is 5.72. The van der Waals surface area contributed by atoms with Crippen LogP contribution in [0.2, 0.25) is 0 Å². The number of fused-ring (bicyclic) bond motifs is 2. The van der Waals surface area contributed by atoms with Crippen molar-refractivity contribution in [2.75, 3.05) is 13.2 Å². The highest BCUT2D eigenvalue weighted by molar-refractivity contribution is 7.15. The van der Waals surface area contributed by atoms with Crippen LogP contribution in [0.1, 0.15) is 17.1 Å². The van der Waals surface area contributed by atoms with E-state index in [9.17, 15) is 0 Å². The van der Waals surface area contributed by atoms with Gasteiger partial charge in [-0.3, -0.25) is 0 Å². The Morgan fingerprint density at radius 3 is 2.57 bits per heavy atom. The number of hydrogen-bond donors (Lipinski definition) is 1. The molecule has 1 N–H and O–H groups in total. The summed E-state index contributed by atoms with van der Waals surface area (Å²) in [5, 5.41) is 1.05. The maximum absolute atomic E-state index is 5.72. The Labute approximate surface area is 126 Å². The Bertz CT molecular complexity index is 779. The topological polar surface area (TPSA) is 60.0 Å². The Morgan fingerprint density at radius 1 is 1.10 bits per heavy atom. The molecular weight excluding hydrogens is 286 g/mol. The summed E-state index contributed by atoms with van der Waals surface area (Å²) >= 11 is 1.65. The number of rotatable bonds is 1. The first-order valence-corrected chi connectivity index (χ1v) is 7.76. The lowest BCUT2D eigenvalue weighted by Crippen LogP contribution is -1.97. The summed E-state index contributed by atoms with van der Waals surface area (Å²) in [6, 6.07) is 3.91. The van der Waals surface area contributed by atoms with Gasteiger partial charge in [-0.2, -0.15) is 0 Å². The number of hydrogen-bond acceptors (Lipinski definition) is 5. The van der Waals surface area contributed by atoms with Crippen molar-refractivity contribution < 1.29 is 9.47 Å². The fraction of sp³-hybridized carbons (Fsp3) is 0.333. The third kappa shape index (κ3) is 2.15. The highest BCUT2D eigenvalue weighted by Crippen LogP contribution is 2.35. The predicted molar refractivity (Wildman–Crippen MR) is 82.3 cm³/mol. The Hall–Kier alpha value is -2.08. The molecule has 0 saturated heterocycles. The molecule has 2 aromatic heterocycles. The van der Waals surface area contributed by atoms with Gasteiger partial charge in [0.05, 0.1) is 39.8 Å². The molecule has 1 aromatic carbocycles. The number of aromatic amines is 1. The van der Waals surface area contributed by atoms with Gasteiger partial charge in [-0.1, -0.05) is 0 Å². The summed E-state index contributed by atoms with van der Waals surface area (Å²) in [6.07, 6.45) is 0.903. The molecule has 4 rings (SSSR count). The van der Waals surface area contributed by atoms with E-state index in [-0.39, 0.29) is 0 Å². The number of aryl methyl sites for hydroxylation is 2. The van der Waals surface area contributed by atoms with Crippen LogP contribution in [-0.2, 0) is 0 Å². The van der Waals surface area contributed by atoms with Crippen LogP contribution in [-0.4, -0.2) is 28.2 Å². The zero-order chi connectivity index (χ0) is 14.4. The van der Waals surface area contributed by atoms with Gasteiger partial charge in [-0.25, -0.2) is 9.97 Å². The largest absolute Gasteiger partial charge is 0.489 e. The van der Waals surface area contributed by atoms with Crippen molar-refractivity contribution in [3.8, 4) is 22.2 Å². The minimum Gasteiger partial charge on any atom is -0.489 e. The van der Waals surface area contributed by atoms with Gasteiger partial charge in [0.15, 0.2) is 17.3 Å². The summed E-state index contributed by atoms with van der Waals surface area (Å²) < 4.78 is 11.4. The highest BCUT2D eigenvalue weighted by atomic mass is 32.1. The molecule has 6 heteroatoms. The fourth-order valence-corrected chi connectivity index (χ4v) is 3.39. The lowest BCUT2D eigenvalue weighted by atomic mass is 10.3. The zero-order valence-electron chi connectivity index (χ0n) is 11.9. The molecular formula is C15H15N3O2S. The first-order chi connectivity index (χ1) is 10.2. The second kappa shape index (κ2) is 4.73. The third-order valence-electron chi connectivity index (χ3n) is 3.47. The quantitative estimate of drug-likeness (QED) is 0.747. The van der Waals surface area contributed by atoms with Gasteiger partial charge < -0.3 is 14.5 Å². The molecule has 0 fully saturated rings. The minimum atomic E-state index is 0.683. The van der Waals surface area contributed by atoms with E-state index in [1.165, 1.54) is 0 Å². The van der Waals surface area contributed by atoms with Crippen LogP contribution in [0.15, 0.2) is 12.1 Å².